The first kappa shape index (κ1) is 17.9. The maximum absolute atomic E-state index is 12.9. The SMILES string of the molecule is FC(F)(F)c1ccc(-n2nc(-c3cccc(Cl)c3)c3c2NCCCC3)cc1. The second kappa shape index (κ2) is 6.93. The number of fused-ring (bicyclic) bond motifs is 1. The molecule has 0 saturated carbocycles. The number of benzene rings is 2. The second-order valence-corrected chi connectivity index (χ2v) is 6.96. The highest BCUT2D eigenvalue weighted by molar-refractivity contribution is 6.30. The molecule has 3 aromatic rings. The van der Waals surface area contributed by atoms with Gasteiger partial charge in [0.2, 0.25) is 0 Å². The van der Waals surface area contributed by atoms with Crippen LogP contribution in [0.2, 0.25) is 5.02 Å². The molecule has 7 heteroatoms. The number of hydrogen-bond donors (Lipinski definition) is 1. The Kier molecular flexibility index (Phi) is 4.60. The molecule has 2 aromatic carbocycles. The highest BCUT2D eigenvalue weighted by Gasteiger charge is 2.30. The fraction of sp³-hybridized carbons (Fsp3) is 0.250. The lowest BCUT2D eigenvalue weighted by Crippen LogP contribution is -2.08. The van der Waals surface area contributed by atoms with E-state index in [4.69, 9.17) is 16.7 Å². The summed E-state index contributed by atoms with van der Waals surface area (Å²) in [5.41, 5.74) is 2.68. The molecular formula is C20H17ClF3N3. The average Bonchev–Trinajstić information content (AvgIpc) is 2.82. The molecule has 0 unspecified atom stereocenters. The summed E-state index contributed by atoms with van der Waals surface area (Å²) in [6.45, 7) is 0.800. The molecule has 0 spiro atoms. The summed E-state index contributed by atoms with van der Waals surface area (Å²) in [5.74, 6) is 0.835. The molecule has 4 rings (SSSR count). The van der Waals surface area contributed by atoms with Gasteiger partial charge < -0.3 is 5.32 Å². The van der Waals surface area contributed by atoms with Crippen LogP contribution >= 0.6 is 11.6 Å². The van der Waals surface area contributed by atoms with E-state index in [0.29, 0.717) is 10.7 Å². The molecule has 0 fully saturated rings. The van der Waals surface area contributed by atoms with Crippen molar-refractivity contribution in [3.63, 3.8) is 0 Å². The topological polar surface area (TPSA) is 29.9 Å². The predicted octanol–water partition coefficient (Wildman–Crippen LogP) is 5.96. The lowest BCUT2D eigenvalue weighted by Gasteiger charge is -2.11. The molecule has 27 heavy (non-hydrogen) atoms. The van der Waals surface area contributed by atoms with Crippen LogP contribution in [0, 0.1) is 0 Å². The predicted molar refractivity (Wildman–Crippen MR) is 100 cm³/mol. The van der Waals surface area contributed by atoms with Crippen LogP contribution in [0.5, 0.6) is 0 Å². The lowest BCUT2D eigenvalue weighted by molar-refractivity contribution is -0.137. The van der Waals surface area contributed by atoms with Gasteiger partial charge in [0.1, 0.15) is 5.82 Å². The highest BCUT2D eigenvalue weighted by atomic mass is 35.5. The van der Waals surface area contributed by atoms with Crippen LogP contribution in [0.4, 0.5) is 19.0 Å². The zero-order valence-corrected chi connectivity index (χ0v) is 15.1. The van der Waals surface area contributed by atoms with E-state index in [0.717, 1.165) is 60.6 Å². The molecule has 0 aliphatic carbocycles. The van der Waals surface area contributed by atoms with E-state index in [1.807, 2.05) is 18.2 Å². The quantitative estimate of drug-likeness (QED) is 0.584. The molecular weight excluding hydrogens is 375 g/mol. The van der Waals surface area contributed by atoms with Crippen molar-refractivity contribution in [2.24, 2.45) is 0 Å². The molecule has 2 heterocycles. The van der Waals surface area contributed by atoms with Crippen molar-refractivity contribution in [2.75, 3.05) is 11.9 Å². The van der Waals surface area contributed by atoms with E-state index >= 15 is 0 Å². The smallest absolute Gasteiger partial charge is 0.370 e. The summed E-state index contributed by atoms with van der Waals surface area (Å²) in [7, 11) is 0. The summed E-state index contributed by atoms with van der Waals surface area (Å²) < 4.78 is 40.3. The minimum Gasteiger partial charge on any atom is -0.370 e. The van der Waals surface area contributed by atoms with Gasteiger partial charge in [-0.3, -0.25) is 0 Å². The second-order valence-electron chi connectivity index (χ2n) is 6.53. The zero-order chi connectivity index (χ0) is 19.0. The summed E-state index contributed by atoms with van der Waals surface area (Å²) in [5, 5.41) is 8.73. The van der Waals surface area contributed by atoms with Crippen LogP contribution in [0.25, 0.3) is 16.9 Å². The largest absolute Gasteiger partial charge is 0.416 e. The Labute approximate surface area is 159 Å². The summed E-state index contributed by atoms with van der Waals surface area (Å²) >= 11 is 6.14. The Hall–Kier alpha value is -2.47. The minimum atomic E-state index is -4.36. The monoisotopic (exact) mass is 391 g/mol. The van der Waals surface area contributed by atoms with E-state index < -0.39 is 11.7 Å². The van der Waals surface area contributed by atoms with Crippen molar-refractivity contribution in [2.45, 2.75) is 25.4 Å². The maximum atomic E-state index is 12.9. The molecule has 0 radical (unpaired) electrons. The van der Waals surface area contributed by atoms with E-state index in [2.05, 4.69) is 5.32 Å². The van der Waals surface area contributed by atoms with Gasteiger partial charge in [0, 0.05) is 22.7 Å². The van der Waals surface area contributed by atoms with Gasteiger partial charge in [-0.05, 0) is 55.7 Å². The number of alkyl halides is 3. The van der Waals surface area contributed by atoms with E-state index in [9.17, 15) is 13.2 Å². The van der Waals surface area contributed by atoms with Gasteiger partial charge in [-0.25, -0.2) is 4.68 Å². The van der Waals surface area contributed by atoms with Crippen LogP contribution in [0.15, 0.2) is 48.5 Å². The van der Waals surface area contributed by atoms with Gasteiger partial charge in [0.15, 0.2) is 0 Å². The van der Waals surface area contributed by atoms with Gasteiger partial charge in [-0.2, -0.15) is 18.3 Å². The standard InChI is InChI=1S/C20H17ClF3N3/c21-15-5-3-4-13(12-15)18-17-6-1-2-11-25-19(17)27(26-18)16-9-7-14(8-10-16)20(22,23)24/h3-5,7-10,12,25H,1-2,6,11H2. The molecule has 1 aliphatic rings. The number of rotatable bonds is 2. The fourth-order valence-electron chi connectivity index (χ4n) is 3.35. The van der Waals surface area contributed by atoms with Crippen molar-refractivity contribution in [3.8, 4) is 16.9 Å². The fourth-order valence-corrected chi connectivity index (χ4v) is 3.54. The van der Waals surface area contributed by atoms with Crippen molar-refractivity contribution >= 4 is 17.4 Å². The van der Waals surface area contributed by atoms with Gasteiger partial charge in [-0.15, -0.1) is 0 Å². The Balaban J connectivity index is 1.84. The van der Waals surface area contributed by atoms with Crippen LogP contribution in [-0.4, -0.2) is 16.3 Å². The normalized spacial score (nSPS) is 14.4. The summed E-state index contributed by atoms with van der Waals surface area (Å²) in [4.78, 5) is 0. The first-order valence-corrected chi connectivity index (χ1v) is 9.10. The van der Waals surface area contributed by atoms with Gasteiger partial charge in [-0.1, -0.05) is 23.7 Å². The first-order chi connectivity index (χ1) is 12.9. The molecule has 3 nitrogen and oxygen atoms in total. The Morgan fingerprint density at radius 1 is 1.04 bits per heavy atom. The molecule has 140 valence electrons. The molecule has 1 aromatic heterocycles. The van der Waals surface area contributed by atoms with Crippen molar-refractivity contribution in [1.29, 1.82) is 0 Å². The Morgan fingerprint density at radius 2 is 1.81 bits per heavy atom. The number of nitrogens with one attached hydrogen (secondary N) is 1. The average molecular weight is 392 g/mol. The lowest BCUT2D eigenvalue weighted by atomic mass is 10.0. The molecule has 0 saturated heterocycles. The van der Waals surface area contributed by atoms with Gasteiger partial charge >= 0.3 is 6.18 Å². The van der Waals surface area contributed by atoms with E-state index in [-0.39, 0.29) is 0 Å². The third-order valence-electron chi connectivity index (χ3n) is 4.67. The zero-order valence-electron chi connectivity index (χ0n) is 14.4. The summed E-state index contributed by atoms with van der Waals surface area (Å²) in [6.07, 6.45) is -1.46. The van der Waals surface area contributed by atoms with Crippen LogP contribution in [0.1, 0.15) is 24.0 Å². The maximum Gasteiger partial charge on any atom is 0.416 e. The highest BCUT2D eigenvalue weighted by Crippen LogP contribution is 2.35. The number of aromatic nitrogens is 2. The Morgan fingerprint density at radius 3 is 2.52 bits per heavy atom. The molecule has 0 amide bonds. The number of anilines is 1. The minimum absolute atomic E-state index is 0.585. The number of halogens is 4. The van der Waals surface area contributed by atoms with Crippen molar-refractivity contribution in [1.82, 2.24) is 9.78 Å². The molecule has 1 aliphatic heterocycles. The first-order valence-electron chi connectivity index (χ1n) is 8.73. The molecule has 1 N–H and O–H groups in total. The van der Waals surface area contributed by atoms with E-state index in [1.165, 1.54) is 12.1 Å². The molecule has 0 bridgehead atoms. The Bertz CT molecular complexity index is 962. The van der Waals surface area contributed by atoms with Crippen LogP contribution in [-0.2, 0) is 12.6 Å². The van der Waals surface area contributed by atoms with Crippen LogP contribution < -0.4 is 5.32 Å². The summed E-state index contributed by atoms with van der Waals surface area (Å²) in [6, 6.07) is 12.5. The third kappa shape index (κ3) is 3.54. The van der Waals surface area contributed by atoms with Crippen molar-refractivity contribution in [3.05, 3.63) is 64.7 Å². The van der Waals surface area contributed by atoms with Gasteiger partial charge in [0.05, 0.1) is 16.9 Å². The van der Waals surface area contributed by atoms with Crippen molar-refractivity contribution < 1.29 is 13.2 Å². The van der Waals surface area contributed by atoms with Gasteiger partial charge in [0.25, 0.3) is 0 Å². The number of hydrogen-bond acceptors (Lipinski definition) is 2. The van der Waals surface area contributed by atoms with E-state index in [1.54, 1.807) is 10.7 Å². The number of nitrogens with zero attached hydrogens (tertiary/aromatic N) is 2. The third-order valence-corrected chi connectivity index (χ3v) is 4.90. The van der Waals surface area contributed by atoms with Crippen LogP contribution in [0.3, 0.4) is 0 Å². The molecule has 0 atom stereocenters.